The van der Waals surface area contributed by atoms with E-state index in [9.17, 15) is 10.2 Å². The number of hydrogen-bond acceptors (Lipinski definition) is 2. The van der Waals surface area contributed by atoms with Crippen molar-refractivity contribution < 1.29 is 10.2 Å². The van der Waals surface area contributed by atoms with E-state index in [2.05, 4.69) is 24.3 Å². The molecule has 0 bridgehead atoms. The molecule has 1 aliphatic rings. The molecule has 0 aromatic heterocycles. The van der Waals surface area contributed by atoms with Gasteiger partial charge in [0.05, 0.1) is 0 Å². The Morgan fingerprint density at radius 3 is 1.33 bits per heavy atom. The van der Waals surface area contributed by atoms with Crippen molar-refractivity contribution in [3.05, 3.63) is 59.7 Å². The quantitative estimate of drug-likeness (QED) is 0.767. The van der Waals surface area contributed by atoms with Gasteiger partial charge in [-0.25, -0.2) is 0 Å². The van der Waals surface area contributed by atoms with Gasteiger partial charge >= 0.3 is 0 Å². The molecule has 2 N–H and O–H groups in total. The summed E-state index contributed by atoms with van der Waals surface area (Å²) in [6.07, 6.45) is 6.20. The highest BCUT2D eigenvalue weighted by Crippen LogP contribution is 2.43. The lowest BCUT2D eigenvalue weighted by molar-refractivity contribution is 0.470. The summed E-state index contributed by atoms with van der Waals surface area (Å²) >= 11 is 0. The zero-order chi connectivity index (χ0) is 14.7. The van der Waals surface area contributed by atoms with Crippen LogP contribution in [0, 0.1) is 0 Å². The lowest BCUT2D eigenvalue weighted by Crippen LogP contribution is -2.10. The van der Waals surface area contributed by atoms with Crippen LogP contribution in [0.4, 0.5) is 0 Å². The first-order valence-electron chi connectivity index (χ1n) is 7.82. The molecule has 3 rings (SSSR count). The highest BCUT2D eigenvalue weighted by Gasteiger charge is 2.26. The summed E-state index contributed by atoms with van der Waals surface area (Å²) in [5.41, 5.74) is 2.63. The topological polar surface area (TPSA) is 40.5 Å². The minimum absolute atomic E-state index is 0.327. The summed E-state index contributed by atoms with van der Waals surface area (Å²) in [4.78, 5) is 0. The van der Waals surface area contributed by atoms with E-state index in [1.807, 2.05) is 0 Å². The second-order valence-electron chi connectivity index (χ2n) is 6.03. The Kier molecular flexibility index (Phi) is 4.14. The Morgan fingerprint density at radius 1 is 0.571 bits per heavy atom. The van der Waals surface area contributed by atoms with E-state index in [4.69, 9.17) is 0 Å². The molecule has 2 aromatic rings. The van der Waals surface area contributed by atoms with Crippen molar-refractivity contribution in [3.63, 3.8) is 0 Å². The third-order valence-electron chi connectivity index (χ3n) is 4.66. The summed E-state index contributed by atoms with van der Waals surface area (Å²) in [6, 6.07) is 15.4. The van der Waals surface area contributed by atoms with E-state index in [0.29, 0.717) is 23.3 Å². The molecule has 2 aromatic carbocycles. The molecule has 110 valence electrons. The molecule has 0 amide bonds. The zero-order valence-electron chi connectivity index (χ0n) is 12.2. The number of rotatable bonds is 2. The minimum atomic E-state index is 0.327. The first kappa shape index (κ1) is 14.0. The largest absolute Gasteiger partial charge is 0.508 e. The van der Waals surface area contributed by atoms with Crippen molar-refractivity contribution in [1.29, 1.82) is 0 Å². The fourth-order valence-corrected chi connectivity index (χ4v) is 3.55. The van der Waals surface area contributed by atoms with Crippen molar-refractivity contribution in [2.24, 2.45) is 0 Å². The Morgan fingerprint density at radius 2 is 0.952 bits per heavy atom. The second-order valence-corrected chi connectivity index (χ2v) is 6.03. The van der Waals surface area contributed by atoms with Crippen LogP contribution in [0.3, 0.4) is 0 Å². The lowest BCUT2D eigenvalue weighted by atomic mass is 9.78. The molecule has 1 aliphatic carbocycles. The highest BCUT2D eigenvalue weighted by molar-refractivity contribution is 5.34. The van der Waals surface area contributed by atoms with Gasteiger partial charge in [-0.05, 0) is 60.1 Å². The molecular weight excluding hydrogens is 260 g/mol. The molecule has 1 fully saturated rings. The van der Waals surface area contributed by atoms with E-state index in [-0.39, 0.29) is 0 Å². The number of benzene rings is 2. The van der Waals surface area contributed by atoms with Gasteiger partial charge < -0.3 is 10.2 Å². The predicted octanol–water partition coefficient (Wildman–Crippen LogP) is 4.93. The molecule has 0 heterocycles. The van der Waals surface area contributed by atoms with Gasteiger partial charge in [0, 0.05) is 0 Å². The van der Waals surface area contributed by atoms with Crippen LogP contribution in [-0.2, 0) is 0 Å². The van der Waals surface area contributed by atoms with Gasteiger partial charge in [-0.3, -0.25) is 0 Å². The van der Waals surface area contributed by atoms with Gasteiger partial charge in [-0.2, -0.15) is 0 Å². The first-order valence-corrected chi connectivity index (χ1v) is 7.82. The summed E-state index contributed by atoms with van der Waals surface area (Å²) in [5, 5.41) is 19.0. The van der Waals surface area contributed by atoms with Crippen LogP contribution in [0.1, 0.15) is 55.1 Å². The van der Waals surface area contributed by atoms with E-state index < -0.39 is 0 Å². The van der Waals surface area contributed by atoms with E-state index in [1.54, 1.807) is 24.3 Å². The van der Waals surface area contributed by atoms with Gasteiger partial charge in [-0.15, -0.1) is 0 Å². The average molecular weight is 282 g/mol. The monoisotopic (exact) mass is 282 g/mol. The average Bonchev–Trinajstić information content (AvgIpc) is 2.75. The van der Waals surface area contributed by atoms with Crippen LogP contribution in [-0.4, -0.2) is 10.2 Å². The summed E-state index contributed by atoms with van der Waals surface area (Å²) in [7, 11) is 0. The molecule has 0 spiro atoms. The summed E-state index contributed by atoms with van der Waals surface area (Å²) < 4.78 is 0. The van der Waals surface area contributed by atoms with Crippen molar-refractivity contribution in [2.75, 3.05) is 0 Å². The molecule has 0 aliphatic heterocycles. The van der Waals surface area contributed by atoms with Crippen molar-refractivity contribution >= 4 is 0 Å². The zero-order valence-corrected chi connectivity index (χ0v) is 12.2. The second kappa shape index (κ2) is 6.21. The first-order chi connectivity index (χ1) is 10.2. The van der Waals surface area contributed by atoms with Crippen LogP contribution in [0.15, 0.2) is 48.5 Å². The van der Waals surface area contributed by atoms with Gasteiger partial charge in [0.15, 0.2) is 0 Å². The van der Waals surface area contributed by atoms with Gasteiger partial charge in [0.2, 0.25) is 0 Å². The van der Waals surface area contributed by atoms with Crippen LogP contribution >= 0.6 is 0 Å². The van der Waals surface area contributed by atoms with E-state index in [0.717, 1.165) is 0 Å². The smallest absolute Gasteiger partial charge is 0.115 e. The molecule has 21 heavy (non-hydrogen) atoms. The predicted molar refractivity (Wildman–Crippen MR) is 84.8 cm³/mol. The van der Waals surface area contributed by atoms with Gasteiger partial charge in [0.25, 0.3) is 0 Å². The summed E-state index contributed by atoms with van der Waals surface area (Å²) in [6.45, 7) is 0. The van der Waals surface area contributed by atoms with E-state index >= 15 is 0 Å². The Hall–Kier alpha value is -1.96. The molecule has 2 atom stereocenters. The van der Waals surface area contributed by atoms with Crippen molar-refractivity contribution in [3.8, 4) is 11.5 Å². The van der Waals surface area contributed by atoms with Crippen LogP contribution in [0.2, 0.25) is 0 Å². The number of aromatic hydroxyl groups is 2. The van der Waals surface area contributed by atoms with E-state index in [1.165, 1.54) is 43.2 Å². The maximum Gasteiger partial charge on any atom is 0.115 e. The number of phenols is 2. The third kappa shape index (κ3) is 3.21. The molecular formula is C19H22O2. The van der Waals surface area contributed by atoms with Crippen molar-refractivity contribution in [1.82, 2.24) is 0 Å². The molecule has 0 saturated heterocycles. The Bertz CT molecular complexity index is 518. The summed E-state index contributed by atoms with van der Waals surface area (Å²) in [5.74, 6) is 1.65. The third-order valence-corrected chi connectivity index (χ3v) is 4.66. The highest BCUT2D eigenvalue weighted by atomic mass is 16.3. The van der Waals surface area contributed by atoms with Crippen LogP contribution in [0.25, 0.3) is 0 Å². The maximum atomic E-state index is 9.50. The number of hydrogen-bond donors (Lipinski definition) is 2. The SMILES string of the molecule is Oc1ccc(C2CCCCCC2c2ccc(O)cc2)cc1. The maximum absolute atomic E-state index is 9.50. The minimum Gasteiger partial charge on any atom is -0.508 e. The molecule has 1 saturated carbocycles. The molecule has 0 radical (unpaired) electrons. The standard InChI is InChI=1S/C19H22O2/c20-16-10-6-14(7-11-16)18-4-2-1-3-5-19(18)15-8-12-17(21)13-9-15/h6-13,18-21H,1-5H2. The molecule has 2 unspecified atom stereocenters. The normalized spacial score (nSPS) is 22.7. The fourth-order valence-electron chi connectivity index (χ4n) is 3.55. The van der Waals surface area contributed by atoms with Crippen LogP contribution < -0.4 is 0 Å². The van der Waals surface area contributed by atoms with Crippen molar-refractivity contribution in [2.45, 2.75) is 43.9 Å². The van der Waals surface area contributed by atoms with Crippen LogP contribution in [0.5, 0.6) is 11.5 Å². The molecule has 2 heteroatoms. The fraction of sp³-hybridized carbons (Fsp3) is 0.368. The number of phenolic OH excluding ortho intramolecular Hbond substituents is 2. The molecule has 2 nitrogen and oxygen atoms in total. The Labute approximate surface area is 126 Å². The Balaban J connectivity index is 1.93. The van der Waals surface area contributed by atoms with Gasteiger partial charge in [0.1, 0.15) is 11.5 Å². The van der Waals surface area contributed by atoms with Gasteiger partial charge in [-0.1, -0.05) is 43.5 Å². The lowest BCUT2D eigenvalue weighted by Gasteiger charge is -2.26.